The molecular formula is C19H26N5O4+. The van der Waals surface area contributed by atoms with E-state index in [9.17, 15) is 19.8 Å². The second-order valence-electron chi connectivity index (χ2n) is 6.96. The van der Waals surface area contributed by atoms with Crippen molar-refractivity contribution in [3.8, 4) is 0 Å². The Labute approximate surface area is 163 Å². The summed E-state index contributed by atoms with van der Waals surface area (Å²) in [6, 6.07) is 6.78. The predicted molar refractivity (Wildman–Crippen MR) is 103 cm³/mol. The van der Waals surface area contributed by atoms with Crippen LogP contribution in [0.2, 0.25) is 0 Å². The minimum atomic E-state index is -0.733. The first kappa shape index (κ1) is 20.0. The number of hydrogen-bond donors (Lipinski definition) is 2. The van der Waals surface area contributed by atoms with E-state index in [1.54, 1.807) is 11.6 Å². The molecule has 1 saturated heterocycles. The molecule has 0 aliphatic carbocycles. The number of carbonyl (C=O) groups is 2. The van der Waals surface area contributed by atoms with Gasteiger partial charge in [-0.3, -0.25) is 19.2 Å². The lowest BCUT2D eigenvalue weighted by Gasteiger charge is -2.33. The molecule has 3 rings (SSSR count). The summed E-state index contributed by atoms with van der Waals surface area (Å²) >= 11 is 0. The number of nitrogens with zero attached hydrogens (tertiary/aromatic N) is 5. The number of carbonyl (C=O) groups excluding carboxylic acids is 2. The Kier molecular flexibility index (Phi) is 5.76. The van der Waals surface area contributed by atoms with Crippen LogP contribution < -0.4 is 0 Å². The molecule has 1 aromatic carbocycles. The lowest BCUT2D eigenvalue weighted by atomic mass is 10.1. The third-order valence-electron chi connectivity index (χ3n) is 4.97. The SMILES string of the molecule is Cc1cccc(CN2C(=[N+](CCO)CCO)N=C3C2C(=O)N(C)C(=O)N3C)c1. The highest BCUT2D eigenvalue weighted by atomic mass is 16.3. The minimum Gasteiger partial charge on any atom is -0.393 e. The van der Waals surface area contributed by atoms with Crippen molar-refractivity contribution in [3.05, 3.63) is 35.4 Å². The van der Waals surface area contributed by atoms with E-state index in [-0.39, 0.29) is 32.2 Å². The van der Waals surface area contributed by atoms with Gasteiger partial charge in [-0.05, 0) is 12.5 Å². The normalized spacial score (nSPS) is 19.3. The van der Waals surface area contributed by atoms with Crippen LogP contribution in [0.5, 0.6) is 0 Å². The van der Waals surface area contributed by atoms with Crippen molar-refractivity contribution in [2.24, 2.45) is 4.99 Å². The van der Waals surface area contributed by atoms with Gasteiger partial charge in [-0.1, -0.05) is 34.8 Å². The summed E-state index contributed by atoms with van der Waals surface area (Å²) in [6.45, 7) is 2.66. The fourth-order valence-corrected chi connectivity index (χ4v) is 3.56. The Bertz CT molecular complexity index is 842. The summed E-state index contributed by atoms with van der Waals surface area (Å²) in [5, 5.41) is 18.9. The predicted octanol–water partition coefficient (Wildman–Crippen LogP) is -0.545. The minimum absolute atomic E-state index is 0.125. The van der Waals surface area contributed by atoms with E-state index in [0.29, 0.717) is 18.3 Å². The van der Waals surface area contributed by atoms with Crippen molar-refractivity contribution in [1.82, 2.24) is 14.7 Å². The van der Waals surface area contributed by atoms with Gasteiger partial charge in [-0.2, -0.15) is 0 Å². The number of hydrogen-bond acceptors (Lipinski definition) is 4. The number of aliphatic hydroxyl groups excluding tert-OH is 2. The monoisotopic (exact) mass is 388 g/mol. The fourth-order valence-electron chi connectivity index (χ4n) is 3.56. The van der Waals surface area contributed by atoms with Crippen molar-refractivity contribution < 1.29 is 24.4 Å². The zero-order chi connectivity index (χ0) is 20.4. The molecule has 2 aliphatic heterocycles. The molecule has 2 heterocycles. The molecule has 0 saturated carbocycles. The number of aryl methyl sites for hydroxylation is 1. The molecule has 0 bridgehead atoms. The van der Waals surface area contributed by atoms with E-state index in [4.69, 9.17) is 0 Å². The van der Waals surface area contributed by atoms with Crippen LogP contribution in [0.1, 0.15) is 11.1 Å². The summed E-state index contributed by atoms with van der Waals surface area (Å²) in [4.78, 5) is 34.2. The maximum Gasteiger partial charge on any atom is 0.392 e. The summed E-state index contributed by atoms with van der Waals surface area (Å²) in [5.74, 6) is 0.474. The molecule has 9 heteroatoms. The molecule has 2 N–H and O–H groups in total. The van der Waals surface area contributed by atoms with Crippen molar-refractivity contribution in [1.29, 1.82) is 0 Å². The largest absolute Gasteiger partial charge is 0.393 e. The highest BCUT2D eigenvalue weighted by Crippen LogP contribution is 2.25. The molecule has 1 atom stereocenters. The van der Waals surface area contributed by atoms with Gasteiger partial charge in [0, 0.05) is 14.1 Å². The zero-order valence-corrected chi connectivity index (χ0v) is 16.4. The maximum atomic E-state index is 12.9. The van der Waals surface area contributed by atoms with Gasteiger partial charge in [0.15, 0.2) is 0 Å². The maximum absolute atomic E-state index is 12.9. The number of amidine groups is 1. The highest BCUT2D eigenvalue weighted by Gasteiger charge is 2.55. The number of rotatable bonds is 6. The molecular weight excluding hydrogens is 362 g/mol. The fraction of sp³-hybridized carbons (Fsp3) is 0.474. The van der Waals surface area contributed by atoms with Gasteiger partial charge in [0.05, 0.1) is 32.8 Å². The average molecular weight is 388 g/mol. The van der Waals surface area contributed by atoms with Gasteiger partial charge >= 0.3 is 12.0 Å². The number of likely N-dealkylation sites (N-methyl/N-ethyl adjacent to an activating group) is 2. The summed E-state index contributed by atoms with van der Waals surface area (Å²) in [7, 11) is 3.05. The second-order valence-corrected chi connectivity index (χ2v) is 6.96. The Morgan fingerprint density at radius 2 is 1.79 bits per heavy atom. The topological polar surface area (TPSA) is 99.7 Å². The summed E-state index contributed by atoms with van der Waals surface area (Å²) < 4.78 is 1.73. The number of urea groups is 1. The summed E-state index contributed by atoms with van der Waals surface area (Å²) in [6.07, 6.45) is 0. The molecule has 28 heavy (non-hydrogen) atoms. The van der Waals surface area contributed by atoms with Crippen molar-refractivity contribution >= 4 is 23.7 Å². The first-order valence-corrected chi connectivity index (χ1v) is 9.18. The van der Waals surface area contributed by atoms with Crippen molar-refractivity contribution in [3.63, 3.8) is 0 Å². The van der Waals surface area contributed by atoms with Gasteiger partial charge in [0.1, 0.15) is 0 Å². The number of aliphatic imine (C=N–C) groups is 1. The lowest BCUT2D eigenvalue weighted by Crippen LogP contribution is -2.62. The van der Waals surface area contributed by atoms with E-state index >= 15 is 0 Å². The van der Waals surface area contributed by atoms with Gasteiger partial charge in [0.2, 0.25) is 11.9 Å². The Hall–Kier alpha value is -2.78. The molecule has 0 spiro atoms. The zero-order valence-electron chi connectivity index (χ0n) is 16.4. The first-order chi connectivity index (χ1) is 13.4. The van der Waals surface area contributed by atoms with Crippen LogP contribution >= 0.6 is 0 Å². The summed E-state index contributed by atoms with van der Waals surface area (Å²) in [5.41, 5.74) is 2.10. The smallest absolute Gasteiger partial charge is 0.392 e. The molecule has 1 aromatic rings. The molecule has 1 fully saturated rings. The van der Waals surface area contributed by atoms with E-state index in [2.05, 4.69) is 4.99 Å². The van der Waals surface area contributed by atoms with E-state index < -0.39 is 12.1 Å². The molecule has 9 nitrogen and oxygen atoms in total. The molecule has 3 amide bonds. The standard InChI is InChI=1S/C19H26N5O4/c1-13-5-4-6-14(11-13)12-24-15-16(21(2)19(28)22(3)17(15)27)20-18(24)23(7-9-25)8-10-26/h4-6,11,15,25-26H,7-10,12H2,1-3H3/q+1. The number of aliphatic hydroxyl groups is 2. The number of guanidine groups is 1. The second kappa shape index (κ2) is 8.07. The quantitative estimate of drug-likeness (QED) is 0.638. The molecule has 150 valence electrons. The van der Waals surface area contributed by atoms with E-state index in [0.717, 1.165) is 16.0 Å². The number of fused-ring (bicyclic) bond motifs is 1. The Balaban J connectivity index is 2.09. The molecule has 0 aromatic heterocycles. The third kappa shape index (κ3) is 3.50. The lowest BCUT2D eigenvalue weighted by molar-refractivity contribution is -0.537. The van der Waals surface area contributed by atoms with Crippen molar-refractivity contribution in [2.75, 3.05) is 40.4 Å². The molecule has 0 radical (unpaired) electrons. The van der Waals surface area contributed by atoms with Gasteiger partial charge < -0.3 is 10.2 Å². The van der Waals surface area contributed by atoms with Gasteiger partial charge in [-0.25, -0.2) is 9.69 Å². The van der Waals surface area contributed by atoms with E-state index in [1.165, 1.54) is 11.9 Å². The van der Waals surface area contributed by atoms with Crippen LogP contribution in [0, 0.1) is 6.92 Å². The molecule has 2 aliphatic rings. The number of imide groups is 1. The third-order valence-corrected chi connectivity index (χ3v) is 4.97. The van der Waals surface area contributed by atoms with Crippen LogP contribution in [0.4, 0.5) is 4.79 Å². The first-order valence-electron chi connectivity index (χ1n) is 9.18. The Morgan fingerprint density at radius 1 is 1.11 bits per heavy atom. The number of amides is 3. The van der Waals surface area contributed by atoms with Crippen LogP contribution in [0.15, 0.2) is 29.3 Å². The highest BCUT2D eigenvalue weighted by molar-refractivity contribution is 6.25. The van der Waals surface area contributed by atoms with E-state index in [1.807, 2.05) is 36.1 Å². The number of benzene rings is 1. The van der Waals surface area contributed by atoms with Crippen molar-refractivity contribution in [2.45, 2.75) is 19.5 Å². The van der Waals surface area contributed by atoms with Crippen LogP contribution in [-0.4, -0.2) is 99.7 Å². The van der Waals surface area contributed by atoms with Gasteiger partial charge in [-0.15, -0.1) is 0 Å². The van der Waals surface area contributed by atoms with Crippen LogP contribution in [0.3, 0.4) is 0 Å². The van der Waals surface area contributed by atoms with Crippen LogP contribution in [0.25, 0.3) is 0 Å². The van der Waals surface area contributed by atoms with Crippen LogP contribution in [-0.2, 0) is 11.3 Å². The average Bonchev–Trinajstić information content (AvgIpc) is 3.04. The van der Waals surface area contributed by atoms with Gasteiger partial charge in [0.25, 0.3) is 5.91 Å². The molecule has 1 unspecified atom stereocenters. The Morgan fingerprint density at radius 3 is 2.39 bits per heavy atom.